The highest BCUT2D eigenvalue weighted by Crippen LogP contribution is 2.34. The minimum Gasteiger partial charge on any atom is -0.490 e. The minimum atomic E-state index is -0.728. The fraction of sp³-hybridized carbons (Fsp3) is 0.533. The lowest BCUT2D eigenvalue weighted by Crippen LogP contribution is -2.22. The molecule has 0 aliphatic carbocycles. The van der Waals surface area contributed by atoms with Crippen LogP contribution in [0.25, 0.3) is 0 Å². The van der Waals surface area contributed by atoms with Crippen molar-refractivity contribution < 1.29 is 24.1 Å². The van der Waals surface area contributed by atoms with E-state index in [2.05, 4.69) is 5.32 Å². The first-order chi connectivity index (χ1) is 10.6. The molecule has 1 rings (SSSR count). The summed E-state index contributed by atoms with van der Waals surface area (Å²) >= 11 is 5.57. The smallest absolute Gasteiger partial charge is 0.340 e. The van der Waals surface area contributed by atoms with Gasteiger partial charge in [-0.1, -0.05) is 0 Å². The minimum absolute atomic E-state index is 0.0932. The Morgan fingerprint density at radius 3 is 2.36 bits per heavy atom. The van der Waals surface area contributed by atoms with Crippen molar-refractivity contribution in [2.45, 2.75) is 20.0 Å². The number of aliphatic hydroxyl groups is 1. The molecule has 7 heteroatoms. The number of hydrogen-bond acceptors (Lipinski definition) is 6. The normalized spacial score (nSPS) is 11.7. The van der Waals surface area contributed by atoms with Gasteiger partial charge in [-0.3, -0.25) is 0 Å². The van der Waals surface area contributed by atoms with E-state index in [0.29, 0.717) is 36.0 Å². The van der Waals surface area contributed by atoms with Crippen molar-refractivity contribution in [1.29, 1.82) is 0 Å². The van der Waals surface area contributed by atoms with E-state index in [4.69, 9.17) is 25.8 Å². The molecule has 0 aliphatic rings. The van der Waals surface area contributed by atoms with Gasteiger partial charge in [-0.05, 0) is 13.8 Å². The quantitative estimate of drug-likeness (QED) is 0.534. The lowest BCUT2D eigenvalue weighted by atomic mass is 10.1. The number of esters is 1. The lowest BCUT2D eigenvalue weighted by Gasteiger charge is -2.17. The van der Waals surface area contributed by atoms with Gasteiger partial charge in [0.15, 0.2) is 11.5 Å². The molecule has 0 saturated carbocycles. The Bertz CT molecular complexity index is 495. The van der Waals surface area contributed by atoms with E-state index in [1.54, 1.807) is 12.1 Å². The first kappa shape index (κ1) is 18.4. The predicted molar refractivity (Wildman–Crippen MR) is 85.3 cm³/mol. The molecule has 0 heterocycles. The van der Waals surface area contributed by atoms with Gasteiger partial charge in [0, 0.05) is 18.7 Å². The Balaban J connectivity index is 3.18. The van der Waals surface area contributed by atoms with Crippen molar-refractivity contribution in [3.05, 3.63) is 17.7 Å². The number of ether oxygens (including phenoxy) is 3. The maximum atomic E-state index is 11.9. The first-order valence-electron chi connectivity index (χ1n) is 7.07. The van der Waals surface area contributed by atoms with Crippen LogP contribution in [0.4, 0.5) is 5.69 Å². The van der Waals surface area contributed by atoms with E-state index in [1.807, 2.05) is 13.8 Å². The van der Waals surface area contributed by atoms with E-state index in [9.17, 15) is 9.90 Å². The molecule has 0 fully saturated rings. The number of carbonyl (C=O) groups excluding carboxylic acids is 1. The van der Waals surface area contributed by atoms with E-state index in [-0.39, 0.29) is 12.4 Å². The number of benzene rings is 1. The van der Waals surface area contributed by atoms with E-state index in [1.165, 1.54) is 7.11 Å². The third-order valence-electron chi connectivity index (χ3n) is 2.80. The third-order valence-corrected chi connectivity index (χ3v) is 3.15. The second-order valence-electron chi connectivity index (χ2n) is 4.39. The highest BCUT2D eigenvalue weighted by atomic mass is 35.5. The van der Waals surface area contributed by atoms with Gasteiger partial charge in [-0.2, -0.15) is 0 Å². The van der Waals surface area contributed by atoms with Crippen LogP contribution in [0.5, 0.6) is 11.5 Å². The summed E-state index contributed by atoms with van der Waals surface area (Å²) in [7, 11) is 1.30. The van der Waals surface area contributed by atoms with Gasteiger partial charge in [0.25, 0.3) is 0 Å². The molecule has 0 aromatic heterocycles. The average Bonchev–Trinajstić information content (AvgIpc) is 2.53. The fourth-order valence-electron chi connectivity index (χ4n) is 1.80. The topological polar surface area (TPSA) is 77.0 Å². The number of carbonyl (C=O) groups is 1. The number of alkyl halides is 1. The van der Waals surface area contributed by atoms with Crippen molar-refractivity contribution in [2.75, 3.05) is 38.1 Å². The van der Waals surface area contributed by atoms with E-state index >= 15 is 0 Å². The van der Waals surface area contributed by atoms with Crippen LogP contribution in [0.2, 0.25) is 0 Å². The summed E-state index contributed by atoms with van der Waals surface area (Å²) in [5.74, 6) is 0.565. The molecule has 1 aromatic carbocycles. The Labute approximate surface area is 135 Å². The number of anilines is 1. The van der Waals surface area contributed by atoms with Crippen LogP contribution in [0.15, 0.2) is 12.1 Å². The summed E-state index contributed by atoms with van der Waals surface area (Å²) in [5.41, 5.74) is 0.791. The Morgan fingerprint density at radius 1 is 1.27 bits per heavy atom. The van der Waals surface area contributed by atoms with Crippen LogP contribution < -0.4 is 14.8 Å². The van der Waals surface area contributed by atoms with E-state index < -0.39 is 12.1 Å². The highest BCUT2D eigenvalue weighted by molar-refractivity contribution is 6.18. The second-order valence-corrected chi connectivity index (χ2v) is 4.70. The molecule has 1 unspecified atom stereocenters. The summed E-state index contributed by atoms with van der Waals surface area (Å²) in [6.07, 6.45) is -0.728. The standard InChI is InChI=1S/C15H22ClNO5/c1-4-21-13-6-11(15(19)20-3)12(7-14(13)22-5-2)17-9-10(18)8-16/h6-7,10,17-18H,4-5,8-9H2,1-3H3. The zero-order valence-corrected chi connectivity index (χ0v) is 13.8. The Hall–Kier alpha value is -1.66. The Morgan fingerprint density at radius 2 is 1.86 bits per heavy atom. The van der Waals surface area contributed by atoms with Crippen LogP contribution in [0.3, 0.4) is 0 Å². The molecule has 2 N–H and O–H groups in total. The molecule has 0 aliphatic heterocycles. The fourth-order valence-corrected chi connectivity index (χ4v) is 1.91. The SMILES string of the molecule is CCOc1cc(NCC(O)CCl)c(C(=O)OC)cc1OCC. The van der Waals surface area contributed by atoms with Crippen LogP contribution in [0.1, 0.15) is 24.2 Å². The molecule has 124 valence electrons. The molecule has 0 amide bonds. The Kier molecular flexibility index (Phi) is 7.84. The van der Waals surface area contributed by atoms with Crippen molar-refractivity contribution in [3.8, 4) is 11.5 Å². The largest absolute Gasteiger partial charge is 0.490 e. The zero-order chi connectivity index (χ0) is 16.5. The highest BCUT2D eigenvalue weighted by Gasteiger charge is 2.18. The van der Waals surface area contributed by atoms with Crippen LogP contribution in [-0.4, -0.2) is 49.9 Å². The zero-order valence-electron chi connectivity index (χ0n) is 13.0. The van der Waals surface area contributed by atoms with Crippen LogP contribution in [-0.2, 0) is 4.74 Å². The molecule has 0 bridgehead atoms. The molecule has 1 aromatic rings. The number of methoxy groups -OCH3 is 1. The van der Waals surface area contributed by atoms with Gasteiger partial charge in [-0.25, -0.2) is 4.79 Å². The van der Waals surface area contributed by atoms with Crippen LogP contribution >= 0.6 is 11.6 Å². The number of halogens is 1. The number of nitrogens with one attached hydrogen (secondary N) is 1. The molecular weight excluding hydrogens is 310 g/mol. The summed E-state index contributed by atoms with van der Waals surface area (Å²) < 4.78 is 15.8. The van der Waals surface area contributed by atoms with E-state index in [0.717, 1.165) is 0 Å². The van der Waals surface area contributed by atoms with Gasteiger partial charge < -0.3 is 24.6 Å². The van der Waals surface area contributed by atoms with Crippen molar-refractivity contribution in [3.63, 3.8) is 0 Å². The molecule has 0 spiro atoms. The summed E-state index contributed by atoms with van der Waals surface area (Å²) in [6.45, 7) is 4.80. The molecular formula is C15H22ClNO5. The van der Waals surface area contributed by atoms with Gasteiger partial charge in [0.1, 0.15) is 0 Å². The molecule has 0 saturated heterocycles. The molecule has 6 nitrogen and oxygen atoms in total. The summed E-state index contributed by atoms with van der Waals surface area (Å²) in [5, 5.41) is 12.5. The predicted octanol–water partition coefficient (Wildman–Crippen LogP) is 2.28. The summed E-state index contributed by atoms with van der Waals surface area (Å²) in [4.78, 5) is 11.9. The van der Waals surface area contributed by atoms with Gasteiger partial charge in [-0.15, -0.1) is 11.6 Å². The monoisotopic (exact) mass is 331 g/mol. The number of hydrogen-bond donors (Lipinski definition) is 2. The third kappa shape index (κ3) is 4.96. The molecule has 1 atom stereocenters. The number of aliphatic hydroxyl groups excluding tert-OH is 1. The van der Waals surface area contributed by atoms with Gasteiger partial charge in [0.2, 0.25) is 0 Å². The molecule has 22 heavy (non-hydrogen) atoms. The second kappa shape index (κ2) is 9.38. The van der Waals surface area contributed by atoms with Gasteiger partial charge in [0.05, 0.1) is 43.6 Å². The number of rotatable bonds is 9. The van der Waals surface area contributed by atoms with Crippen molar-refractivity contribution >= 4 is 23.3 Å². The first-order valence-corrected chi connectivity index (χ1v) is 7.60. The van der Waals surface area contributed by atoms with Crippen LogP contribution in [0, 0.1) is 0 Å². The van der Waals surface area contributed by atoms with Crippen molar-refractivity contribution in [2.24, 2.45) is 0 Å². The van der Waals surface area contributed by atoms with Gasteiger partial charge >= 0.3 is 5.97 Å². The lowest BCUT2D eigenvalue weighted by molar-refractivity contribution is 0.0601. The van der Waals surface area contributed by atoms with Crippen molar-refractivity contribution in [1.82, 2.24) is 0 Å². The maximum absolute atomic E-state index is 11.9. The molecule has 0 radical (unpaired) electrons. The maximum Gasteiger partial charge on any atom is 0.340 e. The summed E-state index contributed by atoms with van der Waals surface area (Å²) in [6, 6.07) is 3.22. The average molecular weight is 332 g/mol.